The van der Waals surface area contributed by atoms with E-state index in [9.17, 15) is 0 Å². The van der Waals surface area contributed by atoms with Crippen LogP contribution in [0.2, 0.25) is 0 Å². The average molecular weight is 763 g/mol. The molecule has 0 aliphatic carbocycles. The minimum atomic E-state index is 0.861. The van der Waals surface area contributed by atoms with E-state index < -0.39 is 0 Å². The molecule has 0 N–H and O–H groups in total. The topological polar surface area (TPSA) is 26.3 Å². The van der Waals surface area contributed by atoms with Crippen LogP contribution >= 0.6 is 0 Å². The first-order chi connectivity index (χ1) is 29.8. The number of hydrogen-bond donors (Lipinski definition) is 0. The average Bonchev–Trinajstić information content (AvgIpc) is 3.90. The molecular formula is C58H34O2. The second-order valence-corrected chi connectivity index (χ2v) is 15.8. The first kappa shape index (κ1) is 33.1. The van der Waals surface area contributed by atoms with Crippen LogP contribution in [-0.2, 0) is 0 Å². The fourth-order valence-electron chi connectivity index (χ4n) is 10.2. The third-order valence-corrected chi connectivity index (χ3v) is 12.7. The molecule has 0 aliphatic rings. The van der Waals surface area contributed by atoms with E-state index in [2.05, 4.69) is 200 Å². The third-order valence-electron chi connectivity index (χ3n) is 12.7. The molecule has 0 bridgehead atoms. The lowest BCUT2D eigenvalue weighted by molar-refractivity contribution is 0.668. The Hall–Kier alpha value is -7.94. The standard InChI is InChI=1S/C58H34O2/c1-2-16-36(17-3-1)53-42-19-6-8-21-44(42)54(45-22-9-7-20-43(45)53)40-26-12-25-39-38(40)24-13-27-41(39)56-46(32-34-52-57(56)48-23-10-11-30-50(48)59-52)47-28-14-29-49-55-37-18-5-4-15-35(37)31-33-51(55)60-58(47)49/h1-34H. The van der Waals surface area contributed by atoms with Crippen molar-refractivity contribution in [2.45, 2.75) is 0 Å². The molecule has 278 valence electrons. The monoisotopic (exact) mass is 762 g/mol. The van der Waals surface area contributed by atoms with Gasteiger partial charge in [0.15, 0.2) is 0 Å². The number of furan rings is 2. The lowest BCUT2D eigenvalue weighted by atomic mass is 9.83. The van der Waals surface area contributed by atoms with Crippen molar-refractivity contribution in [3.63, 3.8) is 0 Å². The molecule has 0 atom stereocenters. The van der Waals surface area contributed by atoms with E-state index in [0.29, 0.717) is 0 Å². The number of fused-ring (bicyclic) bond motifs is 11. The summed E-state index contributed by atoms with van der Waals surface area (Å²) in [4.78, 5) is 0. The first-order valence-corrected chi connectivity index (χ1v) is 20.6. The van der Waals surface area contributed by atoms with Crippen LogP contribution in [0.3, 0.4) is 0 Å². The van der Waals surface area contributed by atoms with Crippen LogP contribution in [0.1, 0.15) is 0 Å². The number of rotatable bonds is 4. The van der Waals surface area contributed by atoms with Crippen molar-refractivity contribution in [3.8, 4) is 44.5 Å². The lowest BCUT2D eigenvalue weighted by Gasteiger charge is -2.20. The van der Waals surface area contributed by atoms with E-state index >= 15 is 0 Å². The summed E-state index contributed by atoms with van der Waals surface area (Å²) in [6.45, 7) is 0. The van der Waals surface area contributed by atoms with E-state index in [-0.39, 0.29) is 0 Å². The van der Waals surface area contributed by atoms with Crippen LogP contribution in [-0.4, -0.2) is 0 Å². The predicted octanol–water partition coefficient (Wildman–Crippen LogP) is 16.8. The highest BCUT2D eigenvalue weighted by Crippen LogP contribution is 2.50. The summed E-state index contributed by atoms with van der Waals surface area (Å²) < 4.78 is 13.5. The van der Waals surface area contributed by atoms with Crippen LogP contribution in [0.15, 0.2) is 215 Å². The summed E-state index contributed by atoms with van der Waals surface area (Å²) in [6.07, 6.45) is 0. The van der Waals surface area contributed by atoms with Crippen LogP contribution in [0.25, 0.3) is 131 Å². The molecule has 2 aromatic heterocycles. The second kappa shape index (κ2) is 12.8. The zero-order valence-electron chi connectivity index (χ0n) is 32.4. The van der Waals surface area contributed by atoms with Gasteiger partial charge >= 0.3 is 0 Å². The fourth-order valence-corrected chi connectivity index (χ4v) is 10.2. The molecule has 0 saturated heterocycles. The Bertz CT molecular complexity index is 3830. The van der Waals surface area contributed by atoms with Crippen molar-refractivity contribution in [1.29, 1.82) is 0 Å². The maximum absolute atomic E-state index is 6.88. The van der Waals surface area contributed by atoms with Gasteiger partial charge in [0.05, 0.1) is 0 Å². The van der Waals surface area contributed by atoms with Gasteiger partial charge in [0, 0.05) is 32.7 Å². The quantitative estimate of drug-likeness (QED) is 0.167. The lowest BCUT2D eigenvalue weighted by Crippen LogP contribution is -1.93. The smallest absolute Gasteiger partial charge is 0.143 e. The van der Waals surface area contributed by atoms with Crippen molar-refractivity contribution < 1.29 is 8.83 Å². The van der Waals surface area contributed by atoms with Gasteiger partial charge in [0.2, 0.25) is 0 Å². The Kier molecular flexibility index (Phi) is 7.05. The molecule has 0 aliphatic heterocycles. The minimum absolute atomic E-state index is 0.861. The van der Waals surface area contributed by atoms with E-state index in [1.165, 1.54) is 65.3 Å². The Morgan fingerprint density at radius 2 is 0.750 bits per heavy atom. The van der Waals surface area contributed by atoms with Gasteiger partial charge < -0.3 is 8.83 Å². The third kappa shape index (κ3) is 4.70. The van der Waals surface area contributed by atoms with Crippen molar-refractivity contribution >= 4 is 87.0 Å². The number of para-hydroxylation sites is 2. The van der Waals surface area contributed by atoms with E-state index in [4.69, 9.17) is 8.83 Å². The van der Waals surface area contributed by atoms with Crippen LogP contribution in [0.5, 0.6) is 0 Å². The summed E-state index contributed by atoms with van der Waals surface area (Å²) in [7, 11) is 0. The molecule has 13 rings (SSSR count). The highest BCUT2D eigenvalue weighted by molar-refractivity contribution is 6.26. The van der Waals surface area contributed by atoms with Gasteiger partial charge in [0.1, 0.15) is 22.3 Å². The molecule has 0 fully saturated rings. The van der Waals surface area contributed by atoms with Crippen LogP contribution in [0.4, 0.5) is 0 Å². The molecule has 0 unspecified atom stereocenters. The zero-order chi connectivity index (χ0) is 39.3. The molecule has 11 aromatic carbocycles. The SMILES string of the molecule is c1ccc(-c2c3ccccc3c(-c3cccc4c(-c5c(-c6cccc7c6oc6ccc8ccccc8c67)ccc6oc7ccccc7c56)cccc34)c3ccccc23)cc1. The predicted molar refractivity (Wildman–Crippen MR) is 253 cm³/mol. The Morgan fingerprint density at radius 3 is 1.47 bits per heavy atom. The Balaban J connectivity index is 1.13. The van der Waals surface area contributed by atoms with Gasteiger partial charge in [-0.2, -0.15) is 0 Å². The van der Waals surface area contributed by atoms with Gasteiger partial charge in [0.25, 0.3) is 0 Å². The van der Waals surface area contributed by atoms with E-state index in [1.54, 1.807) is 0 Å². The molecule has 0 spiro atoms. The molecule has 0 saturated carbocycles. The van der Waals surface area contributed by atoms with Crippen molar-refractivity contribution in [1.82, 2.24) is 0 Å². The maximum Gasteiger partial charge on any atom is 0.143 e. The zero-order valence-corrected chi connectivity index (χ0v) is 32.4. The van der Waals surface area contributed by atoms with Crippen molar-refractivity contribution in [3.05, 3.63) is 206 Å². The highest BCUT2D eigenvalue weighted by atomic mass is 16.3. The van der Waals surface area contributed by atoms with Gasteiger partial charge in [-0.15, -0.1) is 0 Å². The number of benzene rings is 11. The van der Waals surface area contributed by atoms with E-state index in [0.717, 1.165) is 66.1 Å². The minimum Gasteiger partial charge on any atom is -0.456 e. The molecule has 2 heterocycles. The van der Waals surface area contributed by atoms with Crippen molar-refractivity contribution in [2.24, 2.45) is 0 Å². The Labute approximate surface area is 345 Å². The highest BCUT2D eigenvalue weighted by Gasteiger charge is 2.24. The van der Waals surface area contributed by atoms with E-state index in [1.807, 2.05) is 6.07 Å². The molecule has 2 heteroatoms. The van der Waals surface area contributed by atoms with Gasteiger partial charge in [-0.1, -0.05) is 182 Å². The van der Waals surface area contributed by atoms with Gasteiger partial charge in [-0.3, -0.25) is 0 Å². The summed E-state index contributed by atoms with van der Waals surface area (Å²) in [6, 6.07) is 74.4. The largest absolute Gasteiger partial charge is 0.456 e. The normalized spacial score (nSPS) is 12.0. The maximum atomic E-state index is 6.88. The molecule has 60 heavy (non-hydrogen) atoms. The Morgan fingerprint density at radius 1 is 0.233 bits per heavy atom. The summed E-state index contributed by atoms with van der Waals surface area (Å²) in [5, 5.41) is 14.2. The van der Waals surface area contributed by atoms with Crippen molar-refractivity contribution in [2.75, 3.05) is 0 Å². The van der Waals surface area contributed by atoms with Gasteiger partial charge in [-0.25, -0.2) is 0 Å². The summed E-state index contributed by atoms with van der Waals surface area (Å²) in [5.41, 5.74) is 12.9. The summed E-state index contributed by atoms with van der Waals surface area (Å²) >= 11 is 0. The first-order valence-electron chi connectivity index (χ1n) is 20.6. The second-order valence-electron chi connectivity index (χ2n) is 15.8. The van der Waals surface area contributed by atoms with Crippen LogP contribution in [0, 0.1) is 0 Å². The van der Waals surface area contributed by atoms with Crippen LogP contribution < -0.4 is 0 Å². The fraction of sp³-hybridized carbons (Fsp3) is 0. The molecule has 13 aromatic rings. The summed E-state index contributed by atoms with van der Waals surface area (Å²) in [5.74, 6) is 0. The molecule has 2 nitrogen and oxygen atoms in total. The number of hydrogen-bond acceptors (Lipinski definition) is 2. The molecule has 0 amide bonds. The molecular weight excluding hydrogens is 729 g/mol. The van der Waals surface area contributed by atoms with Gasteiger partial charge in [-0.05, 0) is 101 Å². The molecule has 0 radical (unpaired) electrons.